The monoisotopic (exact) mass is 206 g/mol. The minimum atomic E-state index is 0.141. The van der Waals surface area contributed by atoms with Gasteiger partial charge in [-0.1, -0.05) is 32.3 Å². The summed E-state index contributed by atoms with van der Waals surface area (Å²) in [5.74, 6) is 0.141. The Morgan fingerprint density at radius 3 is 2.93 bits per heavy atom. The molecule has 1 atom stereocenters. The molecule has 1 aromatic rings. The third-order valence-corrected chi connectivity index (χ3v) is 2.43. The van der Waals surface area contributed by atoms with Gasteiger partial charge in [-0.3, -0.25) is 4.98 Å². The smallest absolute Gasteiger partial charge is 0.0526 e. The normalized spacial score (nSPS) is 13.1. The molecule has 0 aromatic carbocycles. The van der Waals surface area contributed by atoms with E-state index >= 15 is 0 Å². The molecule has 0 aliphatic rings. The van der Waals surface area contributed by atoms with E-state index in [4.69, 9.17) is 5.21 Å². The summed E-state index contributed by atoms with van der Waals surface area (Å²) in [5, 5.41) is 11.7. The predicted octanol–water partition coefficient (Wildman–Crippen LogP) is 3.21. The molecule has 1 heterocycles. The van der Waals surface area contributed by atoms with Gasteiger partial charge < -0.3 is 5.21 Å². The average Bonchev–Trinajstić information content (AvgIpc) is 2.29. The fraction of sp³-hybridized carbons (Fsp3) is 0.500. The molecule has 1 N–H and O–H groups in total. The molecule has 1 rings (SSSR count). The summed E-state index contributed by atoms with van der Waals surface area (Å²) in [6.07, 6.45) is 7.89. The van der Waals surface area contributed by atoms with Crippen LogP contribution in [0.1, 0.15) is 44.2 Å². The molecule has 15 heavy (non-hydrogen) atoms. The standard InChI is InChI=1S/C12H18N2O/c1-2-3-4-7-11(10-14-15)12-8-5-6-9-13-12/h5-6,8-11,15H,2-4,7H2,1H3/b14-10+. The molecule has 0 saturated carbocycles. The van der Waals surface area contributed by atoms with Crippen LogP contribution in [0.4, 0.5) is 0 Å². The molecule has 0 radical (unpaired) electrons. The molecule has 0 spiro atoms. The van der Waals surface area contributed by atoms with E-state index in [1.165, 1.54) is 12.8 Å². The molecule has 0 amide bonds. The zero-order valence-corrected chi connectivity index (χ0v) is 9.13. The zero-order valence-electron chi connectivity index (χ0n) is 9.13. The first-order valence-corrected chi connectivity index (χ1v) is 5.47. The fourth-order valence-corrected chi connectivity index (χ4v) is 1.59. The van der Waals surface area contributed by atoms with Gasteiger partial charge in [0, 0.05) is 17.8 Å². The van der Waals surface area contributed by atoms with E-state index in [9.17, 15) is 0 Å². The van der Waals surface area contributed by atoms with Crippen LogP contribution in [0, 0.1) is 0 Å². The Morgan fingerprint density at radius 2 is 2.33 bits per heavy atom. The highest BCUT2D eigenvalue weighted by Crippen LogP contribution is 2.18. The van der Waals surface area contributed by atoms with Crippen molar-refractivity contribution in [1.82, 2.24) is 4.98 Å². The molecule has 1 unspecified atom stereocenters. The van der Waals surface area contributed by atoms with Crippen molar-refractivity contribution in [2.45, 2.75) is 38.5 Å². The molecule has 0 aliphatic heterocycles. The molecule has 0 aliphatic carbocycles. The van der Waals surface area contributed by atoms with E-state index in [1.807, 2.05) is 18.2 Å². The number of hydrogen-bond donors (Lipinski definition) is 1. The fourth-order valence-electron chi connectivity index (χ4n) is 1.59. The summed E-state index contributed by atoms with van der Waals surface area (Å²) in [7, 11) is 0. The van der Waals surface area contributed by atoms with Gasteiger partial charge in [-0.25, -0.2) is 0 Å². The Balaban J connectivity index is 2.58. The largest absolute Gasteiger partial charge is 0.411 e. The maximum Gasteiger partial charge on any atom is 0.0526 e. The third-order valence-electron chi connectivity index (χ3n) is 2.43. The third kappa shape index (κ3) is 4.11. The second-order valence-electron chi connectivity index (χ2n) is 3.62. The second kappa shape index (κ2) is 6.98. The molecular formula is C12H18N2O. The molecule has 0 bridgehead atoms. The van der Waals surface area contributed by atoms with Crippen molar-refractivity contribution in [3.05, 3.63) is 30.1 Å². The Bertz CT molecular complexity index is 285. The van der Waals surface area contributed by atoms with Crippen LogP contribution in [-0.4, -0.2) is 16.4 Å². The molecule has 3 heteroatoms. The van der Waals surface area contributed by atoms with E-state index in [0.29, 0.717) is 0 Å². The van der Waals surface area contributed by atoms with Crippen LogP contribution >= 0.6 is 0 Å². The number of aromatic nitrogens is 1. The van der Waals surface area contributed by atoms with Gasteiger partial charge in [0.1, 0.15) is 0 Å². The molecule has 82 valence electrons. The van der Waals surface area contributed by atoms with Crippen LogP contribution in [0.3, 0.4) is 0 Å². The van der Waals surface area contributed by atoms with E-state index in [0.717, 1.165) is 18.5 Å². The lowest BCUT2D eigenvalue weighted by Crippen LogP contribution is -2.02. The van der Waals surface area contributed by atoms with Gasteiger partial charge in [-0.05, 0) is 18.6 Å². The summed E-state index contributed by atoms with van der Waals surface area (Å²) in [6, 6.07) is 5.82. The van der Waals surface area contributed by atoms with Gasteiger partial charge >= 0.3 is 0 Å². The maximum absolute atomic E-state index is 8.60. The van der Waals surface area contributed by atoms with Crippen molar-refractivity contribution in [1.29, 1.82) is 0 Å². The lowest BCUT2D eigenvalue weighted by Gasteiger charge is -2.09. The molecule has 0 saturated heterocycles. The van der Waals surface area contributed by atoms with Crippen LogP contribution < -0.4 is 0 Å². The molecule has 0 fully saturated rings. The predicted molar refractivity (Wildman–Crippen MR) is 61.4 cm³/mol. The summed E-state index contributed by atoms with van der Waals surface area (Å²) >= 11 is 0. The first-order chi connectivity index (χ1) is 7.38. The average molecular weight is 206 g/mol. The summed E-state index contributed by atoms with van der Waals surface area (Å²) < 4.78 is 0. The number of rotatable bonds is 6. The van der Waals surface area contributed by atoms with Crippen LogP contribution in [-0.2, 0) is 0 Å². The summed E-state index contributed by atoms with van der Waals surface area (Å²) in [5.41, 5.74) is 0.978. The van der Waals surface area contributed by atoms with Crippen molar-refractivity contribution < 1.29 is 5.21 Å². The van der Waals surface area contributed by atoms with Crippen molar-refractivity contribution in [2.75, 3.05) is 0 Å². The summed E-state index contributed by atoms with van der Waals surface area (Å²) in [4.78, 5) is 4.27. The van der Waals surface area contributed by atoms with E-state index in [2.05, 4.69) is 17.1 Å². The SMILES string of the molecule is CCCCCC(/C=N/O)c1ccccn1. The minimum absolute atomic E-state index is 0.141. The van der Waals surface area contributed by atoms with Gasteiger partial charge in [0.25, 0.3) is 0 Å². The Hall–Kier alpha value is -1.38. The highest BCUT2D eigenvalue weighted by atomic mass is 16.4. The van der Waals surface area contributed by atoms with Crippen molar-refractivity contribution >= 4 is 6.21 Å². The zero-order chi connectivity index (χ0) is 10.9. The van der Waals surface area contributed by atoms with E-state index < -0.39 is 0 Å². The van der Waals surface area contributed by atoms with Crippen LogP contribution in [0.15, 0.2) is 29.6 Å². The summed E-state index contributed by atoms with van der Waals surface area (Å²) in [6.45, 7) is 2.18. The maximum atomic E-state index is 8.60. The van der Waals surface area contributed by atoms with Gasteiger partial charge in [0.15, 0.2) is 0 Å². The number of oxime groups is 1. The number of hydrogen-bond acceptors (Lipinski definition) is 3. The van der Waals surface area contributed by atoms with Crippen molar-refractivity contribution in [2.24, 2.45) is 5.16 Å². The first-order valence-electron chi connectivity index (χ1n) is 5.47. The second-order valence-corrected chi connectivity index (χ2v) is 3.62. The Morgan fingerprint density at radius 1 is 1.47 bits per heavy atom. The van der Waals surface area contributed by atoms with Crippen molar-refractivity contribution in [3.63, 3.8) is 0 Å². The Kier molecular flexibility index (Phi) is 5.44. The van der Waals surface area contributed by atoms with Crippen LogP contribution in [0.25, 0.3) is 0 Å². The van der Waals surface area contributed by atoms with Gasteiger partial charge in [-0.15, -0.1) is 5.16 Å². The Labute approximate surface area is 90.8 Å². The quantitative estimate of drug-likeness (QED) is 0.336. The minimum Gasteiger partial charge on any atom is -0.411 e. The van der Waals surface area contributed by atoms with E-state index in [1.54, 1.807) is 12.4 Å². The highest BCUT2D eigenvalue weighted by Gasteiger charge is 2.09. The van der Waals surface area contributed by atoms with Crippen molar-refractivity contribution in [3.8, 4) is 0 Å². The first kappa shape index (κ1) is 11.7. The van der Waals surface area contributed by atoms with Gasteiger partial charge in [0.05, 0.1) is 6.21 Å². The highest BCUT2D eigenvalue weighted by molar-refractivity contribution is 5.66. The van der Waals surface area contributed by atoms with Gasteiger partial charge in [0.2, 0.25) is 0 Å². The number of pyridine rings is 1. The molecule has 1 aromatic heterocycles. The lowest BCUT2D eigenvalue weighted by atomic mass is 9.98. The van der Waals surface area contributed by atoms with Gasteiger partial charge in [-0.2, -0.15) is 0 Å². The van der Waals surface area contributed by atoms with E-state index in [-0.39, 0.29) is 5.92 Å². The topological polar surface area (TPSA) is 45.5 Å². The lowest BCUT2D eigenvalue weighted by molar-refractivity contribution is 0.319. The molecule has 3 nitrogen and oxygen atoms in total. The number of nitrogens with zero attached hydrogens (tertiary/aromatic N) is 2. The van der Waals surface area contributed by atoms with Crippen LogP contribution in [0.5, 0.6) is 0 Å². The van der Waals surface area contributed by atoms with Crippen LogP contribution in [0.2, 0.25) is 0 Å². The number of unbranched alkanes of at least 4 members (excludes halogenated alkanes) is 2. The molecular weight excluding hydrogens is 188 g/mol.